The van der Waals surface area contributed by atoms with Gasteiger partial charge in [-0.15, -0.1) is 0 Å². The van der Waals surface area contributed by atoms with Crippen molar-refractivity contribution in [2.75, 3.05) is 32.7 Å². The van der Waals surface area contributed by atoms with Crippen LogP contribution in [0.15, 0.2) is 30.0 Å². The van der Waals surface area contributed by atoms with Crippen molar-refractivity contribution in [1.82, 2.24) is 15.1 Å². The zero-order chi connectivity index (χ0) is 18.2. The standard InChI is InChI=1S/C19H24N4O2/c1-15-6-3-4-7-17(15)14-18(21-16(2)24)19(25)23-12-10-22(11-13-23)9-5-8-20/h3-4,6-7,14H,5,9-13H2,1-2H3,(H,21,24)/b18-14-. The number of rotatable bonds is 5. The molecule has 132 valence electrons. The topological polar surface area (TPSA) is 76.4 Å². The van der Waals surface area contributed by atoms with E-state index in [0.717, 1.165) is 30.8 Å². The molecule has 1 aromatic carbocycles. The van der Waals surface area contributed by atoms with E-state index in [4.69, 9.17) is 5.26 Å². The molecule has 2 rings (SSSR count). The largest absolute Gasteiger partial charge is 0.335 e. The van der Waals surface area contributed by atoms with Crippen molar-refractivity contribution in [3.8, 4) is 6.07 Å². The fourth-order valence-corrected chi connectivity index (χ4v) is 2.80. The average Bonchev–Trinajstić information content (AvgIpc) is 2.60. The first-order valence-electron chi connectivity index (χ1n) is 8.44. The molecule has 1 aliphatic heterocycles. The van der Waals surface area contributed by atoms with E-state index < -0.39 is 0 Å². The summed E-state index contributed by atoms with van der Waals surface area (Å²) in [5.74, 6) is -0.431. The fourth-order valence-electron chi connectivity index (χ4n) is 2.80. The number of hydrogen-bond acceptors (Lipinski definition) is 4. The molecular formula is C19H24N4O2. The van der Waals surface area contributed by atoms with Crippen LogP contribution in [-0.2, 0) is 9.59 Å². The molecule has 2 amide bonds. The highest BCUT2D eigenvalue weighted by Gasteiger charge is 2.24. The fraction of sp³-hybridized carbons (Fsp3) is 0.421. The third-order valence-corrected chi connectivity index (χ3v) is 4.23. The minimum absolute atomic E-state index is 0.168. The van der Waals surface area contributed by atoms with Gasteiger partial charge in [-0.3, -0.25) is 14.5 Å². The number of carbonyl (C=O) groups is 2. The van der Waals surface area contributed by atoms with Crippen LogP contribution in [0.1, 0.15) is 24.5 Å². The summed E-state index contributed by atoms with van der Waals surface area (Å²) < 4.78 is 0. The van der Waals surface area contributed by atoms with Crippen LogP contribution in [0.5, 0.6) is 0 Å². The Balaban J connectivity index is 2.11. The molecule has 0 bridgehead atoms. The number of aryl methyl sites for hydroxylation is 1. The van der Waals surface area contributed by atoms with Gasteiger partial charge >= 0.3 is 0 Å². The first-order chi connectivity index (χ1) is 12.0. The predicted octanol–water partition coefficient (Wildman–Crippen LogP) is 1.53. The monoisotopic (exact) mass is 340 g/mol. The molecule has 1 saturated heterocycles. The minimum Gasteiger partial charge on any atom is -0.335 e. The van der Waals surface area contributed by atoms with E-state index in [1.165, 1.54) is 6.92 Å². The zero-order valence-electron chi connectivity index (χ0n) is 14.8. The lowest BCUT2D eigenvalue weighted by Gasteiger charge is -2.34. The van der Waals surface area contributed by atoms with Gasteiger partial charge in [0, 0.05) is 46.1 Å². The van der Waals surface area contributed by atoms with Gasteiger partial charge in [0.2, 0.25) is 5.91 Å². The Hall–Kier alpha value is -2.65. The Morgan fingerprint density at radius 1 is 1.24 bits per heavy atom. The van der Waals surface area contributed by atoms with E-state index in [0.29, 0.717) is 25.2 Å². The number of carbonyl (C=O) groups excluding carboxylic acids is 2. The molecule has 0 aliphatic carbocycles. The van der Waals surface area contributed by atoms with Crippen molar-refractivity contribution in [2.45, 2.75) is 20.3 Å². The molecule has 6 heteroatoms. The molecule has 0 atom stereocenters. The Kier molecular flexibility index (Phi) is 6.72. The van der Waals surface area contributed by atoms with Gasteiger partial charge in [-0.2, -0.15) is 5.26 Å². The van der Waals surface area contributed by atoms with Crippen LogP contribution in [0.25, 0.3) is 6.08 Å². The van der Waals surface area contributed by atoms with Crippen LogP contribution < -0.4 is 5.32 Å². The van der Waals surface area contributed by atoms with E-state index in [2.05, 4.69) is 16.3 Å². The second-order valence-corrected chi connectivity index (χ2v) is 6.14. The Morgan fingerprint density at radius 3 is 2.52 bits per heavy atom. The summed E-state index contributed by atoms with van der Waals surface area (Å²) in [5.41, 5.74) is 2.25. The van der Waals surface area contributed by atoms with E-state index in [1.54, 1.807) is 11.0 Å². The van der Waals surface area contributed by atoms with Gasteiger partial charge < -0.3 is 10.2 Å². The van der Waals surface area contributed by atoms with E-state index in [-0.39, 0.29) is 11.8 Å². The molecule has 1 aliphatic rings. The molecule has 1 N–H and O–H groups in total. The average molecular weight is 340 g/mol. The van der Waals surface area contributed by atoms with Crippen molar-refractivity contribution >= 4 is 17.9 Å². The lowest BCUT2D eigenvalue weighted by atomic mass is 10.1. The first-order valence-corrected chi connectivity index (χ1v) is 8.44. The molecule has 0 unspecified atom stereocenters. The molecule has 1 aromatic rings. The SMILES string of the molecule is CC(=O)N/C(=C\c1ccccc1C)C(=O)N1CCN(CCC#N)CC1. The maximum Gasteiger partial charge on any atom is 0.270 e. The van der Waals surface area contributed by atoms with Gasteiger partial charge in [-0.05, 0) is 24.1 Å². The van der Waals surface area contributed by atoms with Gasteiger partial charge in [0.15, 0.2) is 0 Å². The Bertz CT molecular complexity index is 698. The van der Waals surface area contributed by atoms with Gasteiger partial charge in [-0.25, -0.2) is 0 Å². The number of benzene rings is 1. The molecule has 1 heterocycles. The normalized spacial score (nSPS) is 15.6. The van der Waals surface area contributed by atoms with Crippen LogP contribution in [0.2, 0.25) is 0 Å². The number of hydrogen-bond donors (Lipinski definition) is 1. The van der Waals surface area contributed by atoms with Crippen molar-refractivity contribution < 1.29 is 9.59 Å². The van der Waals surface area contributed by atoms with Crippen LogP contribution in [-0.4, -0.2) is 54.3 Å². The molecule has 0 spiro atoms. The van der Waals surface area contributed by atoms with Crippen molar-refractivity contribution in [2.24, 2.45) is 0 Å². The highest BCUT2D eigenvalue weighted by atomic mass is 16.2. The zero-order valence-corrected chi connectivity index (χ0v) is 14.8. The third kappa shape index (κ3) is 5.44. The summed E-state index contributed by atoms with van der Waals surface area (Å²) in [6.07, 6.45) is 2.24. The van der Waals surface area contributed by atoms with E-state index in [9.17, 15) is 9.59 Å². The van der Waals surface area contributed by atoms with Crippen molar-refractivity contribution in [3.63, 3.8) is 0 Å². The number of piperazine rings is 1. The smallest absolute Gasteiger partial charge is 0.270 e. The maximum atomic E-state index is 12.8. The van der Waals surface area contributed by atoms with Crippen molar-refractivity contribution in [3.05, 3.63) is 41.1 Å². The summed E-state index contributed by atoms with van der Waals surface area (Å²) in [5, 5.41) is 11.3. The number of amides is 2. The summed E-state index contributed by atoms with van der Waals surface area (Å²) in [6, 6.07) is 9.87. The van der Waals surface area contributed by atoms with Gasteiger partial charge in [-0.1, -0.05) is 24.3 Å². The van der Waals surface area contributed by atoms with Gasteiger partial charge in [0.25, 0.3) is 5.91 Å². The van der Waals surface area contributed by atoms with Gasteiger partial charge in [0.1, 0.15) is 5.70 Å². The molecule has 25 heavy (non-hydrogen) atoms. The molecule has 0 saturated carbocycles. The van der Waals surface area contributed by atoms with Crippen LogP contribution in [0.3, 0.4) is 0 Å². The third-order valence-electron chi connectivity index (χ3n) is 4.23. The van der Waals surface area contributed by atoms with E-state index in [1.807, 2.05) is 31.2 Å². The lowest BCUT2D eigenvalue weighted by Crippen LogP contribution is -2.50. The molecule has 1 fully saturated rings. The summed E-state index contributed by atoms with van der Waals surface area (Å²) in [4.78, 5) is 28.3. The summed E-state index contributed by atoms with van der Waals surface area (Å²) in [7, 11) is 0. The highest BCUT2D eigenvalue weighted by Crippen LogP contribution is 2.14. The Morgan fingerprint density at radius 2 is 1.92 bits per heavy atom. The summed E-state index contributed by atoms with van der Waals surface area (Å²) in [6.45, 7) is 6.77. The van der Waals surface area contributed by atoms with Crippen LogP contribution >= 0.6 is 0 Å². The molecule has 6 nitrogen and oxygen atoms in total. The quantitative estimate of drug-likeness (QED) is 0.825. The molecule has 0 aromatic heterocycles. The van der Waals surface area contributed by atoms with Gasteiger partial charge in [0.05, 0.1) is 6.07 Å². The predicted molar refractivity (Wildman–Crippen MR) is 96.2 cm³/mol. The van der Waals surface area contributed by atoms with Crippen LogP contribution in [0.4, 0.5) is 0 Å². The highest BCUT2D eigenvalue weighted by molar-refractivity contribution is 6.01. The van der Waals surface area contributed by atoms with E-state index >= 15 is 0 Å². The molecule has 0 radical (unpaired) electrons. The first kappa shape index (κ1) is 18.7. The molecular weight excluding hydrogens is 316 g/mol. The maximum absolute atomic E-state index is 12.8. The summed E-state index contributed by atoms with van der Waals surface area (Å²) >= 11 is 0. The lowest BCUT2D eigenvalue weighted by molar-refractivity contribution is -0.130. The number of nitrogens with zero attached hydrogens (tertiary/aromatic N) is 3. The second kappa shape index (κ2) is 9.00. The van der Waals surface area contributed by atoms with Crippen LogP contribution in [0, 0.1) is 18.3 Å². The number of nitrogens with one attached hydrogen (secondary N) is 1. The minimum atomic E-state index is -0.263. The van der Waals surface area contributed by atoms with Crippen molar-refractivity contribution in [1.29, 1.82) is 5.26 Å². The Labute approximate surface area is 148 Å². The second-order valence-electron chi connectivity index (χ2n) is 6.14. The number of nitriles is 1.